The maximum atomic E-state index is 13.1. The average molecular weight is 253 g/mol. The fourth-order valence-corrected chi connectivity index (χ4v) is 1.42. The molecule has 4 N–H and O–H groups in total. The van der Waals surface area contributed by atoms with Crippen molar-refractivity contribution in [2.75, 3.05) is 6.54 Å². The number of aryl methyl sites for hydroxylation is 1. The number of rotatable bonds is 4. The van der Waals surface area contributed by atoms with Crippen LogP contribution in [0.1, 0.15) is 22.8 Å². The Kier molecular flexibility index (Phi) is 4.65. The van der Waals surface area contributed by atoms with E-state index < -0.39 is 11.7 Å². The van der Waals surface area contributed by atoms with Gasteiger partial charge in [-0.1, -0.05) is 12.1 Å². The monoisotopic (exact) mass is 253 g/mol. The van der Waals surface area contributed by atoms with Gasteiger partial charge in [0.25, 0.3) is 5.91 Å². The van der Waals surface area contributed by atoms with Crippen molar-refractivity contribution >= 4 is 11.7 Å². The highest BCUT2D eigenvalue weighted by Crippen LogP contribution is 2.08. The van der Waals surface area contributed by atoms with E-state index in [1.165, 1.54) is 6.07 Å². The maximum Gasteiger partial charge on any atom is 0.251 e. The van der Waals surface area contributed by atoms with Gasteiger partial charge in [0.1, 0.15) is 11.7 Å². The number of amidine groups is 1. The molecule has 6 heteroatoms. The molecule has 5 nitrogen and oxygen atoms in total. The molecule has 1 atom stereocenters. The van der Waals surface area contributed by atoms with Crippen molar-refractivity contribution in [3.8, 4) is 0 Å². The van der Waals surface area contributed by atoms with Crippen LogP contribution in [-0.4, -0.2) is 23.5 Å². The summed E-state index contributed by atoms with van der Waals surface area (Å²) in [6.07, 6.45) is 0. The number of nitrogens with one attached hydrogen (secondary N) is 1. The first-order valence-electron chi connectivity index (χ1n) is 5.47. The number of carbonyl (C=O) groups excluding carboxylic acids is 1. The molecule has 1 rings (SSSR count). The average Bonchev–Trinajstić information content (AvgIpc) is 2.33. The normalized spacial score (nSPS) is 13.2. The van der Waals surface area contributed by atoms with Crippen LogP contribution in [0.25, 0.3) is 0 Å². The zero-order valence-electron chi connectivity index (χ0n) is 10.3. The van der Waals surface area contributed by atoms with Crippen LogP contribution in [0.3, 0.4) is 0 Å². The van der Waals surface area contributed by atoms with Gasteiger partial charge in [-0.3, -0.25) is 4.79 Å². The topological polar surface area (TPSA) is 87.7 Å². The highest BCUT2D eigenvalue weighted by Gasteiger charge is 2.11. The lowest BCUT2D eigenvalue weighted by Crippen LogP contribution is -2.34. The fraction of sp³-hybridized carbons (Fsp3) is 0.333. The van der Waals surface area contributed by atoms with Gasteiger partial charge in [0.15, 0.2) is 0 Å². The molecule has 0 radical (unpaired) electrons. The zero-order valence-corrected chi connectivity index (χ0v) is 10.3. The zero-order chi connectivity index (χ0) is 13.7. The van der Waals surface area contributed by atoms with E-state index in [0.29, 0.717) is 5.56 Å². The van der Waals surface area contributed by atoms with Crippen molar-refractivity contribution in [2.45, 2.75) is 13.8 Å². The molecule has 0 aliphatic carbocycles. The van der Waals surface area contributed by atoms with E-state index in [-0.39, 0.29) is 23.9 Å². The van der Waals surface area contributed by atoms with Crippen LogP contribution in [0.15, 0.2) is 23.4 Å². The SMILES string of the molecule is Cc1cc(F)cc(C(=O)NCC(C)/C(N)=N/O)c1. The molecule has 0 bridgehead atoms. The molecule has 0 heterocycles. The van der Waals surface area contributed by atoms with Gasteiger partial charge in [-0.2, -0.15) is 0 Å². The van der Waals surface area contributed by atoms with Crippen molar-refractivity contribution < 1.29 is 14.4 Å². The first-order valence-corrected chi connectivity index (χ1v) is 5.47. The molecule has 0 aliphatic rings. The van der Waals surface area contributed by atoms with E-state index in [2.05, 4.69) is 10.5 Å². The largest absolute Gasteiger partial charge is 0.409 e. The summed E-state index contributed by atoms with van der Waals surface area (Å²) in [7, 11) is 0. The first kappa shape index (κ1) is 14.0. The number of benzene rings is 1. The first-order chi connectivity index (χ1) is 8.43. The Morgan fingerprint density at radius 1 is 1.56 bits per heavy atom. The second-order valence-corrected chi connectivity index (χ2v) is 4.15. The molecule has 1 amide bonds. The van der Waals surface area contributed by atoms with Crippen molar-refractivity contribution in [1.82, 2.24) is 5.32 Å². The molecule has 98 valence electrons. The molecular weight excluding hydrogens is 237 g/mol. The lowest BCUT2D eigenvalue weighted by Gasteiger charge is -2.11. The molecule has 0 saturated heterocycles. The minimum Gasteiger partial charge on any atom is -0.409 e. The molecule has 18 heavy (non-hydrogen) atoms. The van der Waals surface area contributed by atoms with E-state index in [9.17, 15) is 9.18 Å². The number of nitrogens with zero attached hydrogens (tertiary/aromatic N) is 1. The third-order valence-electron chi connectivity index (χ3n) is 2.49. The Bertz CT molecular complexity index is 454. The second-order valence-electron chi connectivity index (χ2n) is 4.15. The Hall–Kier alpha value is -2.11. The van der Waals surface area contributed by atoms with Gasteiger partial charge in [0, 0.05) is 18.0 Å². The van der Waals surface area contributed by atoms with E-state index in [4.69, 9.17) is 10.9 Å². The molecule has 0 spiro atoms. The molecule has 0 fully saturated rings. The lowest BCUT2D eigenvalue weighted by atomic mass is 10.1. The van der Waals surface area contributed by atoms with Crippen LogP contribution in [0.2, 0.25) is 0 Å². The number of amides is 1. The smallest absolute Gasteiger partial charge is 0.251 e. The highest BCUT2D eigenvalue weighted by atomic mass is 19.1. The molecule has 1 aromatic carbocycles. The van der Waals surface area contributed by atoms with Crippen LogP contribution in [0, 0.1) is 18.7 Å². The minimum atomic E-state index is -0.454. The summed E-state index contributed by atoms with van der Waals surface area (Å²) < 4.78 is 13.1. The van der Waals surface area contributed by atoms with Gasteiger partial charge in [0.2, 0.25) is 0 Å². The van der Waals surface area contributed by atoms with Crippen LogP contribution in [0.5, 0.6) is 0 Å². The van der Waals surface area contributed by atoms with Gasteiger partial charge in [-0.25, -0.2) is 4.39 Å². The summed E-state index contributed by atoms with van der Waals surface area (Å²) in [4.78, 5) is 11.7. The Labute approximate surface area is 104 Å². The third-order valence-corrected chi connectivity index (χ3v) is 2.49. The van der Waals surface area contributed by atoms with Gasteiger partial charge in [-0.15, -0.1) is 0 Å². The second kappa shape index (κ2) is 6.00. The van der Waals surface area contributed by atoms with E-state index in [1.807, 2.05) is 0 Å². The summed E-state index contributed by atoms with van der Waals surface area (Å²) in [5, 5.41) is 13.9. The van der Waals surface area contributed by atoms with Crippen molar-refractivity contribution in [3.05, 3.63) is 35.1 Å². The molecule has 0 saturated carbocycles. The minimum absolute atomic E-state index is 0.0331. The summed E-state index contributed by atoms with van der Waals surface area (Å²) in [6.45, 7) is 3.62. The van der Waals surface area contributed by atoms with Crippen LogP contribution >= 0.6 is 0 Å². The van der Waals surface area contributed by atoms with Crippen LogP contribution in [0.4, 0.5) is 4.39 Å². The van der Waals surface area contributed by atoms with E-state index in [1.54, 1.807) is 19.9 Å². The lowest BCUT2D eigenvalue weighted by molar-refractivity contribution is 0.0950. The van der Waals surface area contributed by atoms with Gasteiger partial charge >= 0.3 is 0 Å². The molecule has 1 aromatic rings. The van der Waals surface area contributed by atoms with E-state index >= 15 is 0 Å². The predicted octanol–water partition coefficient (Wildman–Crippen LogP) is 1.25. The molecule has 1 unspecified atom stereocenters. The molecular formula is C12H16FN3O2. The quantitative estimate of drug-likeness (QED) is 0.326. The highest BCUT2D eigenvalue weighted by molar-refractivity contribution is 5.94. The van der Waals surface area contributed by atoms with Crippen molar-refractivity contribution in [1.29, 1.82) is 0 Å². The third kappa shape index (κ3) is 3.73. The summed E-state index contributed by atoms with van der Waals surface area (Å²) in [5.41, 5.74) is 6.30. The summed E-state index contributed by atoms with van der Waals surface area (Å²) in [6, 6.07) is 4.10. The number of hydrogen-bond donors (Lipinski definition) is 3. The van der Waals surface area contributed by atoms with Gasteiger partial charge < -0.3 is 16.3 Å². The predicted molar refractivity (Wildman–Crippen MR) is 66.0 cm³/mol. The number of carbonyl (C=O) groups is 1. The van der Waals surface area contributed by atoms with Gasteiger partial charge in [0.05, 0.1) is 0 Å². The standard InChI is InChI=1S/C12H16FN3O2/c1-7-3-9(5-10(13)4-7)12(17)15-6-8(2)11(14)16-18/h3-5,8,18H,6H2,1-2H3,(H2,14,16)(H,15,17). The van der Waals surface area contributed by atoms with Gasteiger partial charge in [-0.05, 0) is 30.7 Å². The Morgan fingerprint density at radius 3 is 2.78 bits per heavy atom. The Balaban J connectivity index is 2.66. The number of oxime groups is 1. The van der Waals surface area contributed by atoms with Crippen LogP contribution < -0.4 is 11.1 Å². The van der Waals surface area contributed by atoms with E-state index in [0.717, 1.165) is 6.07 Å². The number of nitrogens with two attached hydrogens (primary N) is 1. The summed E-state index contributed by atoms with van der Waals surface area (Å²) >= 11 is 0. The number of hydrogen-bond acceptors (Lipinski definition) is 3. The van der Waals surface area contributed by atoms with Crippen molar-refractivity contribution in [3.63, 3.8) is 0 Å². The maximum absolute atomic E-state index is 13.1. The van der Waals surface area contributed by atoms with Crippen LogP contribution in [-0.2, 0) is 0 Å². The summed E-state index contributed by atoms with van der Waals surface area (Å²) in [5.74, 6) is -1.11. The Morgan fingerprint density at radius 2 is 2.22 bits per heavy atom. The fourth-order valence-electron chi connectivity index (χ4n) is 1.42. The molecule has 0 aliphatic heterocycles. The van der Waals surface area contributed by atoms with Crippen molar-refractivity contribution in [2.24, 2.45) is 16.8 Å². The number of halogens is 1. The molecule has 0 aromatic heterocycles.